The summed E-state index contributed by atoms with van der Waals surface area (Å²) in [5.74, 6) is -0.190. The van der Waals surface area contributed by atoms with Crippen LogP contribution in [-0.4, -0.2) is 58.5 Å². The minimum Gasteiger partial charge on any atom is -0.490 e. The number of amides is 2. The average Bonchev–Trinajstić information content (AvgIpc) is 3.71. The first-order valence-corrected chi connectivity index (χ1v) is 16.1. The van der Waals surface area contributed by atoms with Crippen molar-refractivity contribution in [2.75, 3.05) is 26.9 Å². The monoisotopic (exact) mass is 641 g/mol. The number of carbonyl (C=O) groups excluding carboxylic acids is 2. The standard InChI is InChI=1S/C33H28FN5O4S2/c1-3-28(41)39-8-6-23-26(17-39)45-33(37-23)31-29(21-5-4-20(34)13-25(21)43-10-9-42-2)32-22(7-11-44-32)30(38-31)19-12-18-15-36-27(40)14-24(18)35-16-19/h3-5,7,11-13,16H,1,6,8-10,14-15,17H2,2H3,(H,36,40). The predicted molar refractivity (Wildman–Crippen MR) is 172 cm³/mol. The molecule has 1 N–H and O–H groups in total. The molecular weight excluding hydrogens is 614 g/mol. The number of benzene rings is 1. The van der Waals surface area contributed by atoms with Crippen molar-refractivity contribution >= 4 is 44.6 Å². The Hall–Kier alpha value is -4.52. The van der Waals surface area contributed by atoms with Gasteiger partial charge in [-0.05, 0) is 41.3 Å². The van der Waals surface area contributed by atoms with Crippen LogP contribution in [0.5, 0.6) is 5.75 Å². The van der Waals surface area contributed by atoms with Gasteiger partial charge in [0.15, 0.2) is 0 Å². The number of nitrogens with zero attached hydrogens (tertiary/aromatic N) is 4. The third-order valence-corrected chi connectivity index (χ3v) is 9.94. The van der Waals surface area contributed by atoms with Gasteiger partial charge < -0.3 is 19.7 Å². The molecule has 0 aliphatic carbocycles. The maximum atomic E-state index is 14.6. The highest BCUT2D eigenvalue weighted by molar-refractivity contribution is 7.18. The lowest BCUT2D eigenvalue weighted by Gasteiger charge is -2.24. The van der Waals surface area contributed by atoms with E-state index in [1.807, 2.05) is 17.5 Å². The number of hydrogen-bond donors (Lipinski definition) is 1. The molecule has 5 aromatic rings. The van der Waals surface area contributed by atoms with Crippen molar-refractivity contribution in [1.82, 2.24) is 25.2 Å². The van der Waals surface area contributed by atoms with Gasteiger partial charge in [-0.15, -0.1) is 22.7 Å². The molecule has 0 fully saturated rings. The Labute approximate surface area is 266 Å². The van der Waals surface area contributed by atoms with Gasteiger partial charge in [-0.2, -0.15) is 0 Å². The third kappa shape index (κ3) is 5.49. The highest BCUT2D eigenvalue weighted by Gasteiger charge is 2.28. The van der Waals surface area contributed by atoms with Crippen LogP contribution in [-0.2, 0) is 40.3 Å². The minimum atomic E-state index is -0.413. The summed E-state index contributed by atoms with van der Waals surface area (Å²) < 4.78 is 26.7. The van der Waals surface area contributed by atoms with E-state index in [1.165, 1.54) is 29.5 Å². The molecule has 0 atom stereocenters. The molecule has 0 saturated heterocycles. The number of pyridine rings is 2. The van der Waals surface area contributed by atoms with Crippen LogP contribution < -0.4 is 10.1 Å². The number of hydrogen-bond acceptors (Lipinski definition) is 9. The Balaban J connectivity index is 1.44. The molecule has 0 bridgehead atoms. The van der Waals surface area contributed by atoms with E-state index in [0.717, 1.165) is 48.7 Å². The number of aromatic nitrogens is 3. The van der Waals surface area contributed by atoms with E-state index in [9.17, 15) is 14.0 Å². The molecule has 2 aliphatic rings. The summed E-state index contributed by atoms with van der Waals surface area (Å²) in [5, 5.41) is 6.52. The van der Waals surface area contributed by atoms with E-state index in [4.69, 9.17) is 19.4 Å². The Morgan fingerprint density at radius 3 is 2.91 bits per heavy atom. The molecule has 45 heavy (non-hydrogen) atoms. The smallest absolute Gasteiger partial charge is 0.246 e. The van der Waals surface area contributed by atoms with Crippen LogP contribution in [0.2, 0.25) is 0 Å². The van der Waals surface area contributed by atoms with Gasteiger partial charge in [0.1, 0.15) is 28.9 Å². The second-order valence-corrected chi connectivity index (χ2v) is 12.7. The molecule has 0 unspecified atom stereocenters. The Kier molecular flexibility index (Phi) is 7.86. The second kappa shape index (κ2) is 12.1. The maximum absolute atomic E-state index is 14.6. The van der Waals surface area contributed by atoms with Crippen molar-refractivity contribution in [2.24, 2.45) is 0 Å². The summed E-state index contributed by atoms with van der Waals surface area (Å²) in [7, 11) is 1.59. The number of rotatable bonds is 8. The first-order valence-electron chi connectivity index (χ1n) is 14.4. The van der Waals surface area contributed by atoms with E-state index in [-0.39, 0.29) is 24.8 Å². The largest absolute Gasteiger partial charge is 0.490 e. The number of methoxy groups -OCH3 is 1. The van der Waals surface area contributed by atoms with Crippen molar-refractivity contribution in [3.63, 3.8) is 0 Å². The molecule has 0 spiro atoms. The number of ether oxygens (including phenoxy) is 2. The van der Waals surface area contributed by atoms with Crippen LogP contribution in [0, 0.1) is 5.82 Å². The lowest BCUT2D eigenvalue weighted by molar-refractivity contribution is -0.126. The lowest BCUT2D eigenvalue weighted by Crippen LogP contribution is -2.34. The summed E-state index contributed by atoms with van der Waals surface area (Å²) in [6.07, 6.45) is 3.97. The zero-order valence-corrected chi connectivity index (χ0v) is 26.0. The average molecular weight is 642 g/mol. The van der Waals surface area contributed by atoms with Crippen LogP contribution >= 0.6 is 22.7 Å². The van der Waals surface area contributed by atoms with Crippen LogP contribution in [0.3, 0.4) is 0 Å². The molecule has 2 amide bonds. The van der Waals surface area contributed by atoms with E-state index >= 15 is 0 Å². The summed E-state index contributed by atoms with van der Waals surface area (Å²) in [6.45, 7) is 5.65. The fraction of sp³-hybridized carbons (Fsp3) is 0.242. The van der Waals surface area contributed by atoms with Crippen LogP contribution in [0.4, 0.5) is 4.39 Å². The van der Waals surface area contributed by atoms with Crippen molar-refractivity contribution in [3.05, 3.63) is 82.2 Å². The highest BCUT2D eigenvalue weighted by Crippen LogP contribution is 2.47. The van der Waals surface area contributed by atoms with Crippen molar-refractivity contribution in [3.8, 4) is 38.8 Å². The maximum Gasteiger partial charge on any atom is 0.246 e. The fourth-order valence-electron chi connectivity index (χ4n) is 5.71. The normalized spacial score (nSPS) is 14.2. The number of thiazole rings is 1. The van der Waals surface area contributed by atoms with Gasteiger partial charge in [-0.25, -0.2) is 14.4 Å². The van der Waals surface area contributed by atoms with Gasteiger partial charge in [0, 0.05) is 70.5 Å². The molecule has 2 aliphatic heterocycles. The number of halogens is 1. The van der Waals surface area contributed by atoms with Crippen LogP contribution in [0.15, 0.2) is 54.6 Å². The zero-order valence-electron chi connectivity index (χ0n) is 24.4. The number of fused-ring (bicyclic) bond motifs is 3. The van der Waals surface area contributed by atoms with Crippen LogP contribution in [0.1, 0.15) is 21.8 Å². The zero-order chi connectivity index (χ0) is 31.1. The van der Waals surface area contributed by atoms with Crippen molar-refractivity contribution < 1.29 is 23.5 Å². The Morgan fingerprint density at radius 1 is 1.18 bits per heavy atom. The highest BCUT2D eigenvalue weighted by atomic mass is 32.1. The van der Waals surface area contributed by atoms with Gasteiger partial charge in [0.25, 0.3) is 0 Å². The fourth-order valence-corrected chi connectivity index (χ4v) is 7.79. The molecule has 7 rings (SSSR count). The minimum absolute atomic E-state index is 0.0448. The summed E-state index contributed by atoms with van der Waals surface area (Å²) in [6, 6.07) is 8.58. The molecule has 9 nitrogen and oxygen atoms in total. The molecule has 12 heteroatoms. The van der Waals surface area contributed by atoms with Gasteiger partial charge in [-0.3, -0.25) is 14.6 Å². The molecule has 0 radical (unpaired) electrons. The van der Waals surface area contributed by atoms with Gasteiger partial charge in [0.05, 0.1) is 36.7 Å². The van der Waals surface area contributed by atoms with E-state index in [1.54, 1.807) is 35.6 Å². The lowest BCUT2D eigenvalue weighted by atomic mass is 9.97. The second-order valence-electron chi connectivity index (χ2n) is 10.7. The third-order valence-electron chi connectivity index (χ3n) is 7.92. The summed E-state index contributed by atoms with van der Waals surface area (Å²) in [5.41, 5.74) is 6.32. The number of carbonyl (C=O) groups is 2. The molecular formula is C33H28FN5O4S2. The van der Waals surface area contributed by atoms with Crippen molar-refractivity contribution in [1.29, 1.82) is 0 Å². The molecule has 228 valence electrons. The van der Waals surface area contributed by atoms with Crippen molar-refractivity contribution in [2.45, 2.75) is 25.9 Å². The summed E-state index contributed by atoms with van der Waals surface area (Å²) >= 11 is 3.06. The Bertz CT molecular complexity index is 1990. The van der Waals surface area contributed by atoms with Crippen LogP contribution in [0.25, 0.3) is 43.2 Å². The number of nitrogens with one attached hydrogen (secondary N) is 1. The van der Waals surface area contributed by atoms with E-state index in [2.05, 4.69) is 16.9 Å². The summed E-state index contributed by atoms with van der Waals surface area (Å²) in [4.78, 5) is 42.1. The van der Waals surface area contributed by atoms with Gasteiger partial charge in [-0.1, -0.05) is 6.58 Å². The first kappa shape index (κ1) is 29.2. The topological polar surface area (TPSA) is 107 Å². The van der Waals surface area contributed by atoms with E-state index < -0.39 is 5.82 Å². The molecule has 4 aromatic heterocycles. The molecule has 1 aromatic carbocycles. The quantitative estimate of drug-likeness (QED) is 0.175. The number of thiophene rings is 1. The SMILES string of the molecule is C=CC(=O)N1CCc2nc(-c3nc(-c4cnc5c(c4)CNC(=O)C5)c4ccsc4c3-c3ccc(F)cc3OCCOC)sc2C1. The molecule has 0 saturated carbocycles. The van der Waals surface area contributed by atoms with Gasteiger partial charge >= 0.3 is 0 Å². The molecule has 6 heterocycles. The van der Waals surface area contributed by atoms with E-state index in [0.29, 0.717) is 54.7 Å². The Morgan fingerprint density at radius 2 is 2.07 bits per heavy atom. The van der Waals surface area contributed by atoms with Gasteiger partial charge in [0.2, 0.25) is 11.8 Å². The predicted octanol–water partition coefficient (Wildman–Crippen LogP) is 5.56. The first-order chi connectivity index (χ1) is 21.9.